The molecule has 4 aromatic rings. The normalized spacial score (nSPS) is 10.6. The molecule has 1 aromatic heterocycles. The minimum absolute atomic E-state index is 0.0136. The summed E-state index contributed by atoms with van der Waals surface area (Å²) in [5.74, 6) is -1.38. The third kappa shape index (κ3) is 4.57. The number of halogens is 1. The van der Waals surface area contributed by atoms with Crippen LogP contribution in [0.4, 0.5) is 4.39 Å². The molecule has 0 saturated carbocycles. The van der Waals surface area contributed by atoms with Gasteiger partial charge >= 0.3 is 11.9 Å². The van der Waals surface area contributed by atoms with Crippen LogP contribution in [0.1, 0.15) is 26.3 Å². The van der Waals surface area contributed by atoms with E-state index in [0.29, 0.717) is 22.4 Å². The summed E-state index contributed by atoms with van der Waals surface area (Å²) < 4.78 is 25.1. The second-order valence-electron chi connectivity index (χ2n) is 6.94. The zero-order chi connectivity index (χ0) is 22.5. The molecule has 0 N–H and O–H groups in total. The van der Waals surface area contributed by atoms with Crippen LogP contribution in [0.2, 0.25) is 0 Å². The summed E-state index contributed by atoms with van der Waals surface area (Å²) in [5, 5.41) is 4.54. The largest absolute Gasteiger partial charge is 0.465 e. The fourth-order valence-electron chi connectivity index (χ4n) is 3.14. The molecule has 0 fully saturated rings. The standard InChI is InChI=1S/C25H19FN2O4/c1-31-24(29)19-9-7-17(8-10-19)16-32-25(30)22-15-28(21-5-3-2-4-6-21)27-23(22)18-11-13-20(26)14-12-18/h2-15H,16H2,1H3. The smallest absolute Gasteiger partial charge is 0.342 e. The number of para-hydroxylation sites is 1. The third-order valence-electron chi connectivity index (χ3n) is 4.82. The number of rotatable bonds is 6. The molecule has 0 aliphatic heterocycles. The number of carbonyl (C=O) groups excluding carboxylic acids is 2. The number of methoxy groups -OCH3 is 1. The van der Waals surface area contributed by atoms with E-state index in [4.69, 9.17) is 4.74 Å². The van der Waals surface area contributed by atoms with Crippen molar-refractivity contribution < 1.29 is 23.5 Å². The van der Waals surface area contributed by atoms with Crippen LogP contribution < -0.4 is 0 Å². The molecule has 7 heteroatoms. The number of carbonyl (C=O) groups is 2. The van der Waals surface area contributed by atoms with Crippen LogP contribution in [0.5, 0.6) is 0 Å². The highest BCUT2D eigenvalue weighted by Gasteiger charge is 2.20. The number of benzene rings is 3. The van der Waals surface area contributed by atoms with Gasteiger partial charge in [0.15, 0.2) is 0 Å². The first kappa shape index (κ1) is 21.0. The Morgan fingerprint density at radius 1 is 0.906 bits per heavy atom. The average molecular weight is 430 g/mol. The Hall–Kier alpha value is -4.26. The summed E-state index contributed by atoms with van der Waals surface area (Å²) in [7, 11) is 1.31. The van der Waals surface area contributed by atoms with E-state index in [-0.39, 0.29) is 18.0 Å². The molecule has 32 heavy (non-hydrogen) atoms. The Morgan fingerprint density at radius 3 is 2.25 bits per heavy atom. The third-order valence-corrected chi connectivity index (χ3v) is 4.82. The first-order valence-corrected chi connectivity index (χ1v) is 9.80. The van der Waals surface area contributed by atoms with Crippen molar-refractivity contribution >= 4 is 11.9 Å². The van der Waals surface area contributed by atoms with Crippen molar-refractivity contribution in [2.75, 3.05) is 7.11 Å². The topological polar surface area (TPSA) is 70.4 Å². The molecule has 1 heterocycles. The average Bonchev–Trinajstić information content (AvgIpc) is 3.29. The van der Waals surface area contributed by atoms with Gasteiger partial charge in [0.05, 0.1) is 18.4 Å². The summed E-state index contributed by atoms with van der Waals surface area (Å²) in [6.07, 6.45) is 1.59. The first-order valence-electron chi connectivity index (χ1n) is 9.80. The van der Waals surface area contributed by atoms with Gasteiger partial charge in [0.1, 0.15) is 23.7 Å². The van der Waals surface area contributed by atoms with Crippen LogP contribution in [-0.4, -0.2) is 28.8 Å². The predicted octanol–water partition coefficient (Wildman–Crippen LogP) is 4.82. The zero-order valence-corrected chi connectivity index (χ0v) is 17.2. The van der Waals surface area contributed by atoms with Gasteiger partial charge in [-0.3, -0.25) is 0 Å². The van der Waals surface area contributed by atoms with Gasteiger partial charge in [0, 0.05) is 11.8 Å². The van der Waals surface area contributed by atoms with E-state index in [1.807, 2.05) is 30.3 Å². The molecular weight excluding hydrogens is 411 g/mol. The molecule has 160 valence electrons. The number of hydrogen-bond donors (Lipinski definition) is 0. The van der Waals surface area contributed by atoms with Gasteiger partial charge in [-0.2, -0.15) is 5.10 Å². The van der Waals surface area contributed by atoms with Crippen molar-refractivity contribution in [1.29, 1.82) is 0 Å². The zero-order valence-electron chi connectivity index (χ0n) is 17.2. The second-order valence-corrected chi connectivity index (χ2v) is 6.94. The van der Waals surface area contributed by atoms with Crippen molar-refractivity contribution in [3.63, 3.8) is 0 Å². The van der Waals surface area contributed by atoms with E-state index in [9.17, 15) is 14.0 Å². The molecule has 0 saturated heterocycles. The molecule has 0 aliphatic carbocycles. The highest BCUT2D eigenvalue weighted by molar-refractivity contribution is 5.96. The minimum Gasteiger partial charge on any atom is -0.465 e. The Bertz CT molecular complexity index is 1230. The van der Waals surface area contributed by atoms with Crippen molar-refractivity contribution in [3.05, 3.63) is 108 Å². The maximum atomic E-state index is 13.4. The maximum absolute atomic E-state index is 13.4. The lowest BCUT2D eigenvalue weighted by Gasteiger charge is -2.06. The Labute approximate surface area is 183 Å². The molecule has 6 nitrogen and oxygen atoms in total. The van der Waals surface area contributed by atoms with Gasteiger partial charge < -0.3 is 9.47 Å². The van der Waals surface area contributed by atoms with Crippen molar-refractivity contribution in [2.24, 2.45) is 0 Å². The fourth-order valence-corrected chi connectivity index (χ4v) is 3.14. The Balaban J connectivity index is 1.59. The molecule has 0 unspecified atom stereocenters. The van der Waals surface area contributed by atoms with Crippen molar-refractivity contribution in [2.45, 2.75) is 6.61 Å². The lowest BCUT2D eigenvalue weighted by Crippen LogP contribution is -2.06. The molecule has 0 bridgehead atoms. The maximum Gasteiger partial charge on any atom is 0.342 e. The summed E-state index contributed by atoms with van der Waals surface area (Å²) in [5.41, 5.74) is 3.13. The van der Waals surface area contributed by atoms with Gasteiger partial charge in [-0.05, 0) is 54.1 Å². The van der Waals surface area contributed by atoms with E-state index in [2.05, 4.69) is 9.84 Å². The van der Waals surface area contributed by atoms with Gasteiger partial charge in [0.2, 0.25) is 0 Å². The number of ether oxygens (including phenoxy) is 2. The monoisotopic (exact) mass is 430 g/mol. The van der Waals surface area contributed by atoms with E-state index in [1.165, 1.54) is 19.2 Å². The van der Waals surface area contributed by atoms with Crippen molar-refractivity contribution in [3.8, 4) is 16.9 Å². The van der Waals surface area contributed by atoms with Gasteiger partial charge in [-0.15, -0.1) is 0 Å². The van der Waals surface area contributed by atoms with Crippen LogP contribution in [0.25, 0.3) is 16.9 Å². The molecule has 0 amide bonds. The molecule has 0 atom stereocenters. The Kier molecular flexibility index (Phi) is 6.07. The SMILES string of the molecule is COC(=O)c1ccc(COC(=O)c2cn(-c3ccccc3)nc2-c2ccc(F)cc2)cc1. The number of esters is 2. The van der Waals surface area contributed by atoms with Crippen LogP contribution in [0.15, 0.2) is 85.1 Å². The summed E-state index contributed by atoms with van der Waals surface area (Å²) >= 11 is 0. The number of aromatic nitrogens is 2. The summed E-state index contributed by atoms with van der Waals surface area (Å²) in [4.78, 5) is 24.5. The molecule has 3 aromatic carbocycles. The van der Waals surface area contributed by atoms with E-state index < -0.39 is 11.9 Å². The fraction of sp³-hybridized carbons (Fsp3) is 0.0800. The minimum atomic E-state index is -0.566. The number of nitrogens with zero attached hydrogens (tertiary/aromatic N) is 2. The van der Waals surface area contributed by atoms with Crippen LogP contribution in [-0.2, 0) is 16.1 Å². The van der Waals surface area contributed by atoms with Gasteiger partial charge in [-0.25, -0.2) is 18.7 Å². The molecule has 4 rings (SSSR count). The lowest BCUT2D eigenvalue weighted by atomic mass is 10.1. The van der Waals surface area contributed by atoms with Crippen molar-refractivity contribution in [1.82, 2.24) is 9.78 Å². The van der Waals surface area contributed by atoms with Crippen LogP contribution >= 0.6 is 0 Å². The highest BCUT2D eigenvalue weighted by Crippen LogP contribution is 2.25. The first-order chi connectivity index (χ1) is 15.5. The quantitative estimate of drug-likeness (QED) is 0.410. The highest BCUT2D eigenvalue weighted by atomic mass is 19.1. The molecular formula is C25H19FN2O4. The lowest BCUT2D eigenvalue weighted by molar-refractivity contribution is 0.0472. The Morgan fingerprint density at radius 2 is 1.59 bits per heavy atom. The van der Waals surface area contributed by atoms with E-state index in [1.54, 1.807) is 47.3 Å². The molecule has 0 aliphatic rings. The predicted molar refractivity (Wildman–Crippen MR) is 116 cm³/mol. The van der Waals surface area contributed by atoms with Gasteiger partial charge in [0.25, 0.3) is 0 Å². The summed E-state index contributed by atoms with van der Waals surface area (Å²) in [6.45, 7) is 0.0136. The van der Waals surface area contributed by atoms with Gasteiger partial charge in [-0.1, -0.05) is 30.3 Å². The van der Waals surface area contributed by atoms with Crippen LogP contribution in [0, 0.1) is 5.82 Å². The molecule has 0 spiro atoms. The van der Waals surface area contributed by atoms with Crippen LogP contribution in [0.3, 0.4) is 0 Å². The summed E-state index contributed by atoms with van der Waals surface area (Å²) in [6, 6.07) is 21.7. The van der Waals surface area contributed by atoms with E-state index >= 15 is 0 Å². The second kappa shape index (κ2) is 9.26. The molecule has 0 radical (unpaired) electrons. The number of hydrogen-bond acceptors (Lipinski definition) is 5. The van der Waals surface area contributed by atoms with E-state index in [0.717, 1.165) is 5.69 Å².